The summed E-state index contributed by atoms with van der Waals surface area (Å²) >= 11 is 1.31. The number of carbonyl (C=O) groups excluding carboxylic acids is 1. The molecule has 3 rings (SSSR count). The summed E-state index contributed by atoms with van der Waals surface area (Å²) in [5.74, 6) is -0.0283. The zero-order valence-electron chi connectivity index (χ0n) is 14.1. The number of aryl methyl sites for hydroxylation is 1. The molecule has 0 spiro atoms. The van der Waals surface area contributed by atoms with Crippen LogP contribution in [0.25, 0.3) is 0 Å². The van der Waals surface area contributed by atoms with Crippen molar-refractivity contribution in [2.45, 2.75) is 36.7 Å². The number of halogens is 3. The average molecular weight is 374 g/mol. The van der Waals surface area contributed by atoms with E-state index in [1.165, 1.54) is 18.8 Å². The highest BCUT2D eigenvalue weighted by atomic mass is 32.2. The molecule has 2 aliphatic rings. The van der Waals surface area contributed by atoms with Crippen LogP contribution in [0.1, 0.15) is 35.9 Å². The van der Waals surface area contributed by atoms with Crippen LogP contribution in [0.3, 0.4) is 0 Å². The number of hydrogen-bond donors (Lipinski definition) is 1. The molecule has 3 heterocycles. The van der Waals surface area contributed by atoms with Gasteiger partial charge >= 0.3 is 6.18 Å². The van der Waals surface area contributed by atoms with Crippen LogP contribution >= 0.6 is 11.8 Å². The van der Waals surface area contributed by atoms with Crippen molar-refractivity contribution in [2.75, 3.05) is 20.1 Å². The maximum Gasteiger partial charge on any atom is 0.433 e. The first-order chi connectivity index (χ1) is 11.8. The Bertz CT molecular complexity index is 685. The van der Waals surface area contributed by atoms with Gasteiger partial charge in [0.05, 0.1) is 15.8 Å². The monoisotopic (exact) mass is 374 g/mol. The number of aromatic nitrogens is 2. The molecule has 1 fully saturated rings. The molecule has 0 saturated carbocycles. The normalized spacial score (nSPS) is 24.5. The summed E-state index contributed by atoms with van der Waals surface area (Å²) in [6.45, 7) is 1.39. The molecule has 1 amide bonds. The lowest BCUT2D eigenvalue weighted by molar-refractivity contribution is -0.143. The summed E-state index contributed by atoms with van der Waals surface area (Å²) in [5, 5.41) is 6.95. The maximum absolute atomic E-state index is 12.9. The van der Waals surface area contributed by atoms with Gasteiger partial charge in [-0.2, -0.15) is 18.3 Å². The Morgan fingerprint density at radius 3 is 2.84 bits per heavy atom. The fourth-order valence-corrected chi connectivity index (χ4v) is 4.40. The molecule has 1 aromatic heterocycles. The van der Waals surface area contributed by atoms with Crippen molar-refractivity contribution in [3.8, 4) is 0 Å². The average Bonchev–Trinajstić information content (AvgIpc) is 3.20. The van der Waals surface area contributed by atoms with Gasteiger partial charge in [0.1, 0.15) is 5.69 Å². The SMILES string of the molecule is CN[C@@H]1CCCN(C(=O)C2=CCC(c3cc(C(F)(F)F)n(C)n3)S2)C1. The smallest absolute Gasteiger partial charge is 0.337 e. The van der Waals surface area contributed by atoms with Crippen LogP contribution in [0.5, 0.6) is 0 Å². The number of amides is 1. The number of likely N-dealkylation sites (tertiary alicyclic amines) is 1. The second-order valence-corrected chi connectivity index (χ2v) is 7.61. The van der Waals surface area contributed by atoms with Crippen LogP contribution in [0.4, 0.5) is 13.2 Å². The molecular weight excluding hydrogens is 353 g/mol. The molecule has 1 N–H and O–H groups in total. The van der Waals surface area contributed by atoms with Gasteiger partial charge in [-0.1, -0.05) is 6.08 Å². The van der Waals surface area contributed by atoms with Gasteiger partial charge in [0.25, 0.3) is 5.91 Å². The van der Waals surface area contributed by atoms with Crippen molar-refractivity contribution in [2.24, 2.45) is 7.05 Å². The number of piperidine rings is 1. The third-order valence-corrected chi connectivity index (χ3v) is 5.95. The molecule has 25 heavy (non-hydrogen) atoms. The lowest BCUT2D eigenvalue weighted by Crippen LogP contribution is -2.47. The molecule has 0 radical (unpaired) electrons. The van der Waals surface area contributed by atoms with Crippen LogP contribution in [-0.4, -0.2) is 46.8 Å². The minimum absolute atomic E-state index is 0.0283. The highest BCUT2D eigenvalue weighted by molar-refractivity contribution is 8.04. The lowest BCUT2D eigenvalue weighted by Gasteiger charge is -2.32. The van der Waals surface area contributed by atoms with E-state index in [1.807, 2.05) is 18.0 Å². The predicted molar refractivity (Wildman–Crippen MR) is 89.9 cm³/mol. The van der Waals surface area contributed by atoms with Crippen LogP contribution in [0, 0.1) is 0 Å². The number of nitrogens with one attached hydrogen (secondary N) is 1. The van der Waals surface area contributed by atoms with Crippen molar-refractivity contribution < 1.29 is 18.0 Å². The van der Waals surface area contributed by atoms with Gasteiger partial charge in [0.2, 0.25) is 0 Å². The molecule has 1 aromatic rings. The second-order valence-electron chi connectivity index (χ2n) is 6.37. The highest BCUT2D eigenvalue weighted by Gasteiger charge is 2.37. The minimum atomic E-state index is -4.43. The van der Waals surface area contributed by atoms with E-state index in [0.29, 0.717) is 29.6 Å². The summed E-state index contributed by atoms with van der Waals surface area (Å²) in [6.07, 6.45) is -0.0890. The summed E-state index contributed by atoms with van der Waals surface area (Å²) < 4.78 is 39.6. The van der Waals surface area contributed by atoms with E-state index in [0.717, 1.165) is 30.1 Å². The van der Waals surface area contributed by atoms with Crippen molar-refractivity contribution >= 4 is 17.7 Å². The maximum atomic E-state index is 12.9. The summed E-state index contributed by atoms with van der Waals surface area (Å²) in [6, 6.07) is 1.38. The number of hydrogen-bond acceptors (Lipinski definition) is 4. The molecule has 1 unspecified atom stereocenters. The topological polar surface area (TPSA) is 50.2 Å². The van der Waals surface area contributed by atoms with E-state index in [4.69, 9.17) is 0 Å². The van der Waals surface area contributed by atoms with Gasteiger partial charge in [-0.05, 0) is 32.4 Å². The van der Waals surface area contributed by atoms with Crippen LogP contribution < -0.4 is 5.32 Å². The Hall–Kier alpha value is -1.48. The lowest BCUT2D eigenvalue weighted by atomic mass is 10.1. The Balaban J connectivity index is 1.66. The van der Waals surface area contributed by atoms with Crippen molar-refractivity contribution in [3.63, 3.8) is 0 Å². The molecule has 1 saturated heterocycles. The summed E-state index contributed by atoms with van der Waals surface area (Å²) in [7, 11) is 3.18. The second kappa shape index (κ2) is 7.03. The predicted octanol–water partition coefficient (Wildman–Crippen LogP) is 2.71. The number of nitrogens with zero attached hydrogens (tertiary/aromatic N) is 3. The van der Waals surface area contributed by atoms with Crippen LogP contribution in [0.2, 0.25) is 0 Å². The molecule has 0 aromatic carbocycles. The van der Waals surface area contributed by atoms with E-state index in [1.54, 1.807) is 0 Å². The van der Waals surface area contributed by atoms with Gasteiger partial charge in [-0.3, -0.25) is 9.48 Å². The molecule has 2 aliphatic heterocycles. The first-order valence-electron chi connectivity index (χ1n) is 8.24. The van der Waals surface area contributed by atoms with Gasteiger partial charge < -0.3 is 10.2 Å². The molecule has 2 atom stereocenters. The zero-order valence-corrected chi connectivity index (χ0v) is 15.0. The van der Waals surface area contributed by atoms with Crippen molar-refractivity contribution in [1.29, 1.82) is 0 Å². The van der Waals surface area contributed by atoms with E-state index >= 15 is 0 Å². The molecule has 0 aliphatic carbocycles. The van der Waals surface area contributed by atoms with Gasteiger partial charge in [-0.15, -0.1) is 11.8 Å². The van der Waals surface area contributed by atoms with Crippen LogP contribution in [-0.2, 0) is 18.0 Å². The number of carbonyl (C=O) groups is 1. The first-order valence-corrected chi connectivity index (χ1v) is 9.12. The Morgan fingerprint density at radius 2 is 2.20 bits per heavy atom. The third-order valence-electron chi connectivity index (χ3n) is 4.63. The third kappa shape index (κ3) is 3.87. The van der Waals surface area contributed by atoms with Crippen molar-refractivity contribution in [3.05, 3.63) is 28.4 Å². The summed E-state index contributed by atoms with van der Waals surface area (Å²) in [4.78, 5) is 15.1. The van der Waals surface area contributed by atoms with Gasteiger partial charge in [-0.25, -0.2) is 0 Å². The number of allylic oxidation sites excluding steroid dienone is 1. The zero-order chi connectivity index (χ0) is 18.2. The number of likely N-dealkylation sites (N-methyl/N-ethyl adjacent to an activating group) is 1. The number of rotatable bonds is 3. The summed E-state index contributed by atoms with van der Waals surface area (Å²) in [5.41, 5.74) is -0.401. The van der Waals surface area contributed by atoms with E-state index < -0.39 is 11.9 Å². The van der Waals surface area contributed by atoms with Gasteiger partial charge in [0.15, 0.2) is 0 Å². The van der Waals surface area contributed by atoms with Crippen molar-refractivity contribution in [1.82, 2.24) is 20.0 Å². The Kier molecular flexibility index (Phi) is 5.15. The Morgan fingerprint density at radius 1 is 1.44 bits per heavy atom. The standard InChI is InChI=1S/C16H21F3N4OS/c1-20-10-4-3-7-23(9-10)15(24)13-6-5-12(25-13)11-8-14(16(17,18)19)22(2)21-11/h6,8,10,12,20H,3-5,7,9H2,1-2H3/t10-,12?/m1/s1. The number of thioether (sulfide) groups is 1. The molecule has 138 valence electrons. The number of alkyl halides is 3. The molecule has 9 heteroatoms. The largest absolute Gasteiger partial charge is 0.433 e. The van der Waals surface area contributed by atoms with E-state index in [2.05, 4.69) is 10.4 Å². The van der Waals surface area contributed by atoms with E-state index in [9.17, 15) is 18.0 Å². The fraction of sp³-hybridized carbons (Fsp3) is 0.625. The molecule has 0 bridgehead atoms. The molecular formula is C16H21F3N4OS. The van der Waals surface area contributed by atoms with Crippen LogP contribution in [0.15, 0.2) is 17.0 Å². The fourth-order valence-electron chi connectivity index (χ4n) is 3.25. The minimum Gasteiger partial charge on any atom is -0.337 e. The molecule has 5 nitrogen and oxygen atoms in total. The Labute approximate surface area is 148 Å². The highest BCUT2D eigenvalue weighted by Crippen LogP contribution is 2.45. The first kappa shape index (κ1) is 18.3. The van der Waals surface area contributed by atoms with Gasteiger partial charge in [0, 0.05) is 26.2 Å². The van der Waals surface area contributed by atoms with E-state index in [-0.39, 0.29) is 11.2 Å². The quantitative estimate of drug-likeness (QED) is 0.884.